The predicted molar refractivity (Wildman–Crippen MR) is 176 cm³/mol. The maximum absolute atomic E-state index is 11.6. The third-order valence-corrected chi connectivity index (χ3v) is 11.4. The van der Waals surface area contributed by atoms with Gasteiger partial charge in [-0.05, 0) is 93.9 Å². The zero-order valence-electron chi connectivity index (χ0n) is 26.9. The topological polar surface area (TPSA) is 108 Å². The van der Waals surface area contributed by atoms with E-state index in [1.165, 1.54) is 42.5 Å². The number of anilines is 2. The summed E-state index contributed by atoms with van der Waals surface area (Å²) in [5, 5.41) is 21.8. The number of nitrogens with one attached hydrogen (secondary N) is 2. The van der Waals surface area contributed by atoms with E-state index in [1.54, 1.807) is 0 Å². The van der Waals surface area contributed by atoms with Gasteiger partial charge in [-0.1, -0.05) is 37.3 Å². The molecule has 9 nitrogen and oxygen atoms in total. The number of benzene rings is 1. The van der Waals surface area contributed by atoms with Crippen LogP contribution >= 0.6 is 0 Å². The van der Waals surface area contributed by atoms with Crippen molar-refractivity contribution in [3.63, 3.8) is 0 Å². The number of carbonyl (C=O) groups is 1. The van der Waals surface area contributed by atoms with Crippen molar-refractivity contribution in [1.82, 2.24) is 24.6 Å². The standard InChI is InChI=1S/C36H49N7O2/c1-3-31(25-10-12-26(13-11-25)35(44)45)39-36-40-32-16-14-27(24-7-5-4-6-8-24)18-30(32)34(41-36)38-33(28-19-37-42(2)21-28)22-43-20-23-9-15-29(43)17-23/h4-8,19,21,23,25-27,29,31,33H,3,9-18,20,22H2,1-2H3,(H,44,45)(H2,38,39,40,41)/t23-,25?,26?,27-,29-,31-,33+/m1/s1. The first-order valence-electron chi connectivity index (χ1n) is 17.4. The lowest BCUT2D eigenvalue weighted by Gasteiger charge is -2.34. The van der Waals surface area contributed by atoms with Crippen molar-refractivity contribution in [2.45, 2.75) is 102 Å². The summed E-state index contributed by atoms with van der Waals surface area (Å²) in [5.74, 6) is 2.51. The van der Waals surface area contributed by atoms with E-state index in [4.69, 9.17) is 9.97 Å². The Kier molecular flexibility index (Phi) is 8.80. The van der Waals surface area contributed by atoms with Crippen molar-refractivity contribution in [2.24, 2.45) is 24.8 Å². The summed E-state index contributed by atoms with van der Waals surface area (Å²) in [4.78, 5) is 24.7. The fraction of sp³-hybridized carbons (Fsp3) is 0.611. The van der Waals surface area contributed by atoms with Crippen molar-refractivity contribution in [3.8, 4) is 0 Å². The van der Waals surface area contributed by atoms with Crippen molar-refractivity contribution in [2.75, 3.05) is 23.7 Å². The van der Waals surface area contributed by atoms with Gasteiger partial charge in [-0.25, -0.2) is 4.98 Å². The van der Waals surface area contributed by atoms with E-state index in [-0.39, 0.29) is 18.0 Å². The van der Waals surface area contributed by atoms with Gasteiger partial charge >= 0.3 is 5.97 Å². The Bertz CT molecular complexity index is 1470. The molecule has 3 fully saturated rings. The Hall–Kier alpha value is -3.46. The molecule has 9 heteroatoms. The van der Waals surface area contributed by atoms with Crippen LogP contribution in [0.15, 0.2) is 42.7 Å². The second-order valence-corrected chi connectivity index (χ2v) is 14.2. The molecule has 1 aliphatic heterocycles. The van der Waals surface area contributed by atoms with Gasteiger partial charge in [0.15, 0.2) is 0 Å². The maximum Gasteiger partial charge on any atom is 0.306 e. The van der Waals surface area contributed by atoms with Gasteiger partial charge in [0, 0.05) is 49.5 Å². The zero-order chi connectivity index (χ0) is 30.9. The van der Waals surface area contributed by atoms with E-state index in [0.717, 1.165) is 75.3 Å². The summed E-state index contributed by atoms with van der Waals surface area (Å²) in [7, 11) is 1.99. The first kappa shape index (κ1) is 30.2. The van der Waals surface area contributed by atoms with E-state index in [1.807, 2.05) is 17.9 Å². The molecule has 45 heavy (non-hydrogen) atoms. The molecule has 2 aromatic heterocycles. The Labute approximate surface area is 267 Å². The summed E-state index contributed by atoms with van der Waals surface area (Å²) in [6.07, 6.45) is 15.4. The van der Waals surface area contributed by atoms with Gasteiger partial charge in [0.2, 0.25) is 5.95 Å². The van der Waals surface area contributed by atoms with Crippen LogP contribution in [0.5, 0.6) is 0 Å². The molecule has 7 rings (SSSR count). The molecule has 3 aromatic rings. The normalized spacial score (nSPS) is 27.6. The number of nitrogens with zero attached hydrogens (tertiary/aromatic N) is 5. The average molecular weight is 612 g/mol. The van der Waals surface area contributed by atoms with Gasteiger partial charge in [-0.3, -0.25) is 14.4 Å². The lowest BCUT2D eigenvalue weighted by Crippen LogP contribution is -2.38. The minimum absolute atomic E-state index is 0.0790. The lowest BCUT2D eigenvalue weighted by molar-refractivity contribution is -0.143. The van der Waals surface area contributed by atoms with Crippen molar-refractivity contribution < 1.29 is 9.90 Å². The van der Waals surface area contributed by atoms with Gasteiger partial charge in [0.25, 0.3) is 0 Å². The summed E-state index contributed by atoms with van der Waals surface area (Å²) in [6, 6.07) is 11.9. The van der Waals surface area contributed by atoms with Gasteiger partial charge < -0.3 is 15.7 Å². The summed E-state index contributed by atoms with van der Waals surface area (Å²) in [6.45, 7) is 4.35. The van der Waals surface area contributed by atoms with Crippen molar-refractivity contribution in [1.29, 1.82) is 0 Å². The molecule has 2 saturated carbocycles. The highest BCUT2D eigenvalue weighted by atomic mass is 16.4. The van der Waals surface area contributed by atoms with Crippen molar-refractivity contribution >= 4 is 17.7 Å². The molecule has 2 bridgehead atoms. The number of fused-ring (bicyclic) bond motifs is 3. The number of piperidine rings is 1. The van der Waals surface area contributed by atoms with Crippen LogP contribution in [0.1, 0.15) is 99.1 Å². The van der Waals surface area contributed by atoms with Crippen LogP contribution in [0.3, 0.4) is 0 Å². The molecule has 1 saturated heterocycles. The van der Waals surface area contributed by atoms with Crippen molar-refractivity contribution in [3.05, 3.63) is 65.1 Å². The molecule has 5 atom stereocenters. The molecular weight excluding hydrogens is 562 g/mol. The molecule has 0 unspecified atom stereocenters. The maximum atomic E-state index is 11.6. The van der Waals surface area contributed by atoms with Crippen LogP contribution in [-0.4, -0.2) is 60.9 Å². The van der Waals surface area contributed by atoms with E-state index in [2.05, 4.69) is 64.1 Å². The average Bonchev–Trinajstić information content (AvgIpc) is 3.81. The van der Waals surface area contributed by atoms with Crippen LogP contribution in [0.25, 0.3) is 0 Å². The molecule has 0 radical (unpaired) electrons. The van der Waals surface area contributed by atoms with E-state index < -0.39 is 5.97 Å². The molecule has 1 aromatic carbocycles. The lowest BCUT2D eigenvalue weighted by atomic mass is 9.78. The van der Waals surface area contributed by atoms with Gasteiger partial charge in [0.05, 0.1) is 23.9 Å². The molecule has 240 valence electrons. The second-order valence-electron chi connectivity index (χ2n) is 14.2. The number of rotatable bonds is 11. The highest BCUT2D eigenvalue weighted by Crippen LogP contribution is 2.40. The Morgan fingerprint density at radius 1 is 1.04 bits per heavy atom. The number of aryl methyl sites for hydroxylation is 2. The Morgan fingerprint density at radius 3 is 2.53 bits per heavy atom. The Balaban J connectivity index is 1.18. The third-order valence-electron chi connectivity index (χ3n) is 11.4. The summed E-state index contributed by atoms with van der Waals surface area (Å²) < 4.78 is 1.90. The van der Waals surface area contributed by atoms with Crippen LogP contribution < -0.4 is 10.6 Å². The molecule has 0 amide bonds. The molecule has 0 spiro atoms. The van der Waals surface area contributed by atoms with Crippen LogP contribution in [0, 0.1) is 17.8 Å². The molecular formula is C36H49N7O2. The van der Waals surface area contributed by atoms with Gasteiger partial charge in [-0.15, -0.1) is 0 Å². The smallest absolute Gasteiger partial charge is 0.306 e. The first-order valence-corrected chi connectivity index (χ1v) is 17.4. The minimum Gasteiger partial charge on any atom is -0.481 e. The molecule has 4 aliphatic rings. The third kappa shape index (κ3) is 6.60. The zero-order valence-corrected chi connectivity index (χ0v) is 26.9. The van der Waals surface area contributed by atoms with Crippen LogP contribution in [-0.2, 0) is 24.7 Å². The number of carboxylic acids is 1. The number of carboxylic acid groups (broad SMARTS) is 1. The number of hydrogen-bond donors (Lipinski definition) is 3. The fourth-order valence-electron chi connectivity index (χ4n) is 8.80. The number of aromatic nitrogens is 4. The van der Waals surface area contributed by atoms with Gasteiger partial charge in [-0.2, -0.15) is 10.1 Å². The first-order chi connectivity index (χ1) is 21.9. The van der Waals surface area contributed by atoms with E-state index in [0.29, 0.717) is 23.8 Å². The minimum atomic E-state index is -0.651. The highest BCUT2D eigenvalue weighted by Gasteiger charge is 2.39. The highest BCUT2D eigenvalue weighted by molar-refractivity contribution is 5.70. The van der Waals surface area contributed by atoms with Crippen LogP contribution in [0.2, 0.25) is 0 Å². The summed E-state index contributed by atoms with van der Waals surface area (Å²) in [5.41, 5.74) is 4.97. The van der Waals surface area contributed by atoms with Gasteiger partial charge in [0.1, 0.15) is 5.82 Å². The predicted octanol–water partition coefficient (Wildman–Crippen LogP) is 6.20. The molecule has 3 heterocycles. The number of aliphatic carboxylic acids is 1. The monoisotopic (exact) mass is 611 g/mol. The summed E-state index contributed by atoms with van der Waals surface area (Å²) >= 11 is 0. The SMILES string of the molecule is CC[C@@H](Nc1nc2c(c(N[C@@H](CN3C[C@@H]4CC[C@@H]3C4)c3cnn(C)c3)n1)C[C@H](c1ccccc1)CC2)C1CCC(C(=O)O)CC1. The molecule has 3 aliphatic carbocycles. The number of likely N-dealkylation sites (tertiary alicyclic amines) is 1. The van der Waals surface area contributed by atoms with Crippen LogP contribution in [0.4, 0.5) is 11.8 Å². The molecule has 3 N–H and O–H groups in total. The quantitative estimate of drug-likeness (QED) is 0.235. The number of hydrogen-bond acceptors (Lipinski definition) is 7. The Morgan fingerprint density at radius 2 is 1.87 bits per heavy atom. The van der Waals surface area contributed by atoms with E-state index >= 15 is 0 Å². The fourth-order valence-corrected chi connectivity index (χ4v) is 8.80. The largest absolute Gasteiger partial charge is 0.481 e. The second kappa shape index (κ2) is 13.1. The van der Waals surface area contributed by atoms with E-state index in [9.17, 15) is 9.90 Å².